The van der Waals surface area contributed by atoms with Crippen molar-refractivity contribution in [2.45, 2.75) is 38.7 Å². The molecule has 0 aromatic rings. The summed E-state index contributed by atoms with van der Waals surface area (Å²) in [5.74, 6) is 0.884. The van der Waals surface area contributed by atoms with Crippen LogP contribution in [0.25, 0.3) is 0 Å². The fourth-order valence-corrected chi connectivity index (χ4v) is 4.37. The summed E-state index contributed by atoms with van der Waals surface area (Å²) in [5, 5.41) is 0. The molecule has 2 heteroatoms. The third kappa shape index (κ3) is 0.581. The van der Waals surface area contributed by atoms with Crippen molar-refractivity contribution < 1.29 is 4.74 Å². The number of ether oxygens (including phenoxy) is 1. The summed E-state index contributed by atoms with van der Waals surface area (Å²) in [6.07, 6.45) is 3.94. The van der Waals surface area contributed by atoms with Gasteiger partial charge in [-0.2, -0.15) is 0 Å². The predicted molar refractivity (Wildman–Crippen MR) is 51.3 cm³/mol. The van der Waals surface area contributed by atoms with Gasteiger partial charge in [-0.1, -0.05) is 13.8 Å². The minimum Gasteiger partial charge on any atom is -0.372 e. The maximum Gasteiger partial charge on any atom is 0.0866 e. The zero-order valence-electron chi connectivity index (χ0n) is 8.60. The molecule has 1 saturated heterocycles. The van der Waals surface area contributed by atoms with Gasteiger partial charge < -0.3 is 10.5 Å². The SMILES string of the molecule is C[C@@]12CC[C@H]3C[C@]1(CN)OC[C@@]32C. The third-order valence-corrected chi connectivity index (χ3v) is 5.71. The summed E-state index contributed by atoms with van der Waals surface area (Å²) in [4.78, 5) is 0. The Morgan fingerprint density at radius 2 is 2.23 bits per heavy atom. The Bertz CT molecular complexity index is 267. The Morgan fingerprint density at radius 3 is 2.69 bits per heavy atom. The van der Waals surface area contributed by atoms with Gasteiger partial charge in [0.2, 0.25) is 0 Å². The van der Waals surface area contributed by atoms with Crippen LogP contribution in [0.5, 0.6) is 0 Å². The zero-order chi connectivity index (χ0) is 9.32. The molecule has 2 N–H and O–H groups in total. The van der Waals surface area contributed by atoms with Crippen LogP contribution >= 0.6 is 0 Å². The molecular weight excluding hydrogens is 162 g/mol. The van der Waals surface area contributed by atoms with Crippen molar-refractivity contribution in [3.05, 3.63) is 0 Å². The summed E-state index contributed by atoms with van der Waals surface area (Å²) < 4.78 is 6.00. The van der Waals surface area contributed by atoms with E-state index in [2.05, 4.69) is 13.8 Å². The highest BCUT2D eigenvalue weighted by Crippen LogP contribution is 2.74. The van der Waals surface area contributed by atoms with Crippen LogP contribution in [0, 0.1) is 16.7 Å². The van der Waals surface area contributed by atoms with Crippen molar-refractivity contribution in [1.29, 1.82) is 0 Å². The average molecular weight is 181 g/mol. The van der Waals surface area contributed by atoms with Gasteiger partial charge in [-0.05, 0) is 25.2 Å². The van der Waals surface area contributed by atoms with Gasteiger partial charge in [-0.25, -0.2) is 0 Å². The summed E-state index contributed by atoms with van der Waals surface area (Å²) in [5.41, 5.74) is 6.77. The van der Waals surface area contributed by atoms with E-state index in [1.165, 1.54) is 19.3 Å². The van der Waals surface area contributed by atoms with Crippen molar-refractivity contribution in [3.8, 4) is 0 Å². The number of hydrogen-bond acceptors (Lipinski definition) is 2. The van der Waals surface area contributed by atoms with Crippen molar-refractivity contribution in [3.63, 3.8) is 0 Å². The van der Waals surface area contributed by atoms with Gasteiger partial charge in [0.15, 0.2) is 0 Å². The average Bonchev–Trinajstić information content (AvgIpc) is 2.58. The van der Waals surface area contributed by atoms with Crippen LogP contribution in [-0.2, 0) is 4.74 Å². The monoisotopic (exact) mass is 181 g/mol. The number of hydrogen-bond donors (Lipinski definition) is 1. The van der Waals surface area contributed by atoms with Gasteiger partial charge in [-0.15, -0.1) is 0 Å². The molecule has 74 valence electrons. The van der Waals surface area contributed by atoms with Crippen molar-refractivity contribution >= 4 is 0 Å². The molecule has 13 heavy (non-hydrogen) atoms. The molecule has 0 amide bonds. The molecule has 3 aliphatic rings. The van der Waals surface area contributed by atoms with E-state index in [0.717, 1.165) is 19.1 Å². The van der Waals surface area contributed by atoms with E-state index in [4.69, 9.17) is 10.5 Å². The van der Waals surface area contributed by atoms with Crippen molar-refractivity contribution in [2.75, 3.05) is 13.2 Å². The lowest BCUT2D eigenvalue weighted by Crippen LogP contribution is -2.49. The second-order valence-corrected chi connectivity index (χ2v) is 5.68. The summed E-state index contributed by atoms with van der Waals surface area (Å²) >= 11 is 0. The maximum atomic E-state index is 6.00. The normalized spacial score (nSPS) is 63.5. The molecule has 0 spiro atoms. The molecule has 3 rings (SSSR count). The molecule has 1 heterocycles. The Morgan fingerprint density at radius 1 is 1.46 bits per heavy atom. The third-order valence-electron chi connectivity index (χ3n) is 5.71. The van der Waals surface area contributed by atoms with Gasteiger partial charge in [0.05, 0.1) is 12.2 Å². The molecule has 0 unspecified atom stereocenters. The Kier molecular flexibility index (Phi) is 1.24. The summed E-state index contributed by atoms with van der Waals surface area (Å²) in [6.45, 7) is 6.48. The van der Waals surface area contributed by atoms with Crippen LogP contribution < -0.4 is 5.73 Å². The van der Waals surface area contributed by atoms with Crippen LogP contribution in [-0.4, -0.2) is 18.8 Å². The molecule has 0 radical (unpaired) electrons. The summed E-state index contributed by atoms with van der Waals surface area (Å²) in [7, 11) is 0. The van der Waals surface area contributed by atoms with Crippen LogP contribution in [0.2, 0.25) is 0 Å². The van der Waals surface area contributed by atoms with Gasteiger partial charge in [0, 0.05) is 17.4 Å². The standard InChI is InChI=1S/C11H19NO/c1-9-7-13-11(6-12)5-8(9)3-4-10(9,11)2/h8H,3-7,12H2,1-2H3/t8-,9-,10-,11+/m0/s1. The van der Waals surface area contributed by atoms with Crippen LogP contribution in [0.4, 0.5) is 0 Å². The Balaban J connectivity index is 2.14. The first-order chi connectivity index (χ1) is 6.08. The van der Waals surface area contributed by atoms with E-state index in [-0.39, 0.29) is 5.60 Å². The van der Waals surface area contributed by atoms with E-state index in [1.807, 2.05) is 0 Å². The summed E-state index contributed by atoms with van der Waals surface area (Å²) in [6, 6.07) is 0. The largest absolute Gasteiger partial charge is 0.372 e. The van der Waals surface area contributed by atoms with Crippen LogP contribution in [0.3, 0.4) is 0 Å². The van der Waals surface area contributed by atoms with Crippen molar-refractivity contribution in [1.82, 2.24) is 0 Å². The molecule has 4 atom stereocenters. The van der Waals surface area contributed by atoms with Crippen molar-refractivity contribution in [2.24, 2.45) is 22.5 Å². The maximum absolute atomic E-state index is 6.00. The highest BCUT2D eigenvalue weighted by atomic mass is 16.5. The molecule has 2 aliphatic carbocycles. The minimum atomic E-state index is 0.0463. The molecule has 1 aliphatic heterocycles. The topological polar surface area (TPSA) is 35.2 Å². The first kappa shape index (κ1) is 8.25. The number of nitrogens with two attached hydrogens (primary N) is 1. The fourth-order valence-electron chi connectivity index (χ4n) is 4.37. The van der Waals surface area contributed by atoms with E-state index in [9.17, 15) is 0 Å². The molecular formula is C11H19NO. The fraction of sp³-hybridized carbons (Fsp3) is 1.00. The minimum absolute atomic E-state index is 0.0463. The molecule has 3 fully saturated rings. The molecule has 0 aromatic heterocycles. The first-order valence-electron chi connectivity index (χ1n) is 5.42. The van der Waals surface area contributed by atoms with E-state index in [0.29, 0.717) is 10.8 Å². The highest BCUT2D eigenvalue weighted by Gasteiger charge is 2.75. The van der Waals surface area contributed by atoms with Gasteiger partial charge >= 0.3 is 0 Å². The first-order valence-corrected chi connectivity index (χ1v) is 5.42. The van der Waals surface area contributed by atoms with Crippen LogP contribution in [0.1, 0.15) is 33.1 Å². The van der Waals surface area contributed by atoms with E-state index in [1.54, 1.807) is 0 Å². The lowest BCUT2D eigenvalue weighted by atomic mass is 9.66. The second-order valence-electron chi connectivity index (χ2n) is 5.68. The van der Waals surface area contributed by atoms with Gasteiger partial charge in [0.1, 0.15) is 0 Å². The van der Waals surface area contributed by atoms with Gasteiger partial charge in [0.25, 0.3) is 0 Å². The highest BCUT2D eigenvalue weighted by molar-refractivity contribution is 5.24. The molecule has 4 bridgehead atoms. The quantitative estimate of drug-likeness (QED) is 0.666. The van der Waals surface area contributed by atoms with Gasteiger partial charge in [-0.3, -0.25) is 0 Å². The Labute approximate surface area is 79.8 Å². The Hall–Kier alpha value is -0.0800. The van der Waals surface area contributed by atoms with E-state index >= 15 is 0 Å². The number of rotatable bonds is 1. The lowest BCUT2D eigenvalue weighted by Gasteiger charge is -2.40. The van der Waals surface area contributed by atoms with E-state index < -0.39 is 0 Å². The predicted octanol–water partition coefficient (Wildman–Crippen LogP) is 1.54. The second kappa shape index (κ2) is 1.96. The molecule has 2 nitrogen and oxygen atoms in total. The molecule has 2 saturated carbocycles. The van der Waals surface area contributed by atoms with Crippen LogP contribution in [0.15, 0.2) is 0 Å². The lowest BCUT2D eigenvalue weighted by molar-refractivity contribution is -0.0762. The molecule has 0 aromatic carbocycles. The zero-order valence-corrected chi connectivity index (χ0v) is 8.60. The smallest absolute Gasteiger partial charge is 0.0866 e.